The number of nitrogens with one attached hydrogen (secondary N) is 1. The number of amides is 1. The number of nitrogens with zero attached hydrogens (tertiary/aromatic N) is 1. The molecule has 0 aliphatic heterocycles. The Morgan fingerprint density at radius 3 is 2.47 bits per heavy atom. The number of carbonyl (C=O) groups excluding carboxylic acids is 1. The first kappa shape index (κ1) is 19.4. The lowest BCUT2D eigenvalue weighted by molar-refractivity contribution is 0.102. The average Bonchev–Trinajstić information content (AvgIpc) is 2.77. The van der Waals surface area contributed by atoms with Crippen LogP contribution in [0.1, 0.15) is 10.4 Å². The van der Waals surface area contributed by atoms with Gasteiger partial charge in [0, 0.05) is 16.6 Å². The predicted octanol–water partition coefficient (Wildman–Crippen LogP) is 5.31. The van der Waals surface area contributed by atoms with Gasteiger partial charge in [-0.1, -0.05) is 24.3 Å². The van der Waals surface area contributed by atoms with Crippen molar-refractivity contribution in [2.24, 2.45) is 0 Å². The molecule has 0 fully saturated rings. The summed E-state index contributed by atoms with van der Waals surface area (Å²) >= 11 is 0. The number of para-hydroxylation sites is 1. The Hall–Kier alpha value is -3.93. The molecule has 1 aromatic heterocycles. The Bertz CT molecular complexity index is 1240. The van der Waals surface area contributed by atoms with Gasteiger partial charge in [0.1, 0.15) is 5.82 Å². The van der Waals surface area contributed by atoms with Crippen LogP contribution in [0.5, 0.6) is 11.5 Å². The minimum absolute atomic E-state index is 0.346. The summed E-state index contributed by atoms with van der Waals surface area (Å²) in [7, 11) is 3.13. The quantitative estimate of drug-likeness (QED) is 0.491. The van der Waals surface area contributed by atoms with Gasteiger partial charge in [-0.05, 0) is 48.5 Å². The molecule has 0 aliphatic rings. The molecular weight excluding hydrogens is 383 g/mol. The van der Waals surface area contributed by atoms with E-state index in [1.807, 2.05) is 36.4 Å². The Kier molecular flexibility index (Phi) is 5.30. The normalized spacial score (nSPS) is 10.6. The van der Waals surface area contributed by atoms with Gasteiger partial charge in [0.2, 0.25) is 0 Å². The maximum Gasteiger partial charge on any atom is 0.256 e. The highest BCUT2D eigenvalue weighted by Gasteiger charge is 2.15. The molecule has 0 unspecified atom stereocenters. The fraction of sp³-hybridized carbons (Fsp3) is 0.0833. The summed E-state index contributed by atoms with van der Waals surface area (Å²) in [6, 6.07) is 20.3. The molecule has 0 saturated heterocycles. The number of halogens is 1. The summed E-state index contributed by atoms with van der Waals surface area (Å²) in [6.45, 7) is 0. The van der Waals surface area contributed by atoms with E-state index in [2.05, 4.69) is 5.32 Å². The summed E-state index contributed by atoms with van der Waals surface area (Å²) in [5, 5.41) is 3.46. The van der Waals surface area contributed by atoms with Gasteiger partial charge < -0.3 is 14.8 Å². The number of aromatic nitrogens is 1. The highest BCUT2D eigenvalue weighted by atomic mass is 19.1. The van der Waals surface area contributed by atoms with Gasteiger partial charge in [0.15, 0.2) is 11.5 Å². The van der Waals surface area contributed by atoms with E-state index in [0.29, 0.717) is 39.3 Å². The Morgan fingerprint density at radius 1 is 0.900 bits per heavy atom. The number of ether oxygens (including phenoxy) is 2. The number of fused-ring (bicyclic) bond motifs is 1. The van der Waals surface area contributed by atoms with Crippen LogP contribution in [0.25, 0.3) is 22.2 Å². The van der Waals surface area contributed by atoms with Crippen molar-refractivity contribution in [3.05, 3.63) is 84.2 Å². The van der Waals surface area contributed by atoms with Crippen molar-refractivity contribution in [1.29, 1.82) is 0 Å². The molecule has 1 N–H and O–H groups in total. The standard InChI is InChI=1S/C24H19FN2O3/c1-29-22-11-10-15(12-23(22)30-2)21-14-19(18-8-3-4-9-20(18)27-21)24(28)26-17-7-5-6-16(25)13-17/h3-14H,1-2H3,(H,26,28). The lowest BCUT2D eigenvalue weighted by atomic mass is 10.0. The summed E-state index contributed by atoms with van der Waals surface area (Å²) < 4.78 is 24.2. The number of hydrogen-bond donors (Lipinski definition) is 1. The molecule has 0 spiro atoms. The molecule has 150 valence electrons. The molecular formula is C24H19FN2O3. The number of hydrogen-bond acceptors (Lipinski definition) is 4. The van der Waals surface area contributed by atoms with E-state index in [9.17, 15) is 9.18 Å². The highest BCUT2D eigenvalue weighted by molar-refractivity contribution is 6.13. The Labute approximate surface area is 173 Å². The molecule has 5 nitrogen and oxygen atoms in total. The lowest BCUT2D eigenvalue weighted by Gasteiger charge is -2.12. The van der Waals surface area contributed by atoms with Crippen LogP contribution in [-0.2, 0) is 0 Å². The third-order valence-electron chi connectivity index (χ3n) is 4.72. The largest absolute Gasteiger partial charge is 0.493 e. The van der Waals surface area contributed by atoms with Crippen LogP contribution in [0.3, 0.4) is 0 Å². The SMILES string of the molecule is COc1ccc(-c2cc(C(=O)Nc3cccc(F)c3)c3ccccc3n2)cc1OC. The van der Waals surface area contributed by atoms with Crippen molar-refractivity contribution in [2.75, 3.05) is 19.5 Å². The van der Waals surface area contributed by atoms with E-state index < -0.39 is 5.82 Å². The second-order valence-electron chi connectivity index (χ2n) is 6.61. The first-order chi connectivity index (χ1) is 14.6. The van der Waals surface area contributed by atoms with Gasteiger partial charge in [-0.3, -0.25) is 4.79 Å². The van der Waals surface area contributed by atoms with Gasteiger partial charge in [0.05, 0.1) is 31.0 Å². The van der Waals surface area contributed by atoms with E-state index >= 15 is 0 Å². The third-order valence-corrected chi connectivity index (χ3v) is 4.72. The molecule has 0 aliphatic carbocycles. The number of carbonyl (C=O) groups is 1. The smallest absolute Gasteiger partial charge is 0.256 e. The van der Waals surface area contributed by atoms with Crippen molar-refractivity contribution in [1.82, 2.24) is 4.98 Å². The van der Waals surface area contributed by atoms with E-state index in [0.717, 1.165) is 5.56 Å². The molecule has 6 heteroatoms. The topological polar surface area (TPSA) is 60.5 Å². The predicted molar refractivity (Wildman–Crippen MR) is 115 cm³/mol. The highest BCUT2D eigenvalue weighted by Crippen LogP contribution is 2.33. The van der Waals surface area contributed by atoms with Crippen LogP contribution in [-0.4, -0.2) is 25.1 Å². The van der Waals surface area contributed by atoms with Crippen molar-refractivity contribution in [2.45, 2.75) is 0 Å². The van der Waals surface area contributed by atoms with Gasteiger partial charge in [0.25, 0.3) is 5.91 Å². The van der Waals surface area contributed by atoms with Gasteiger partial charge in [-0.25, -0.2) is 9.37 Å². The lowest BCUT2D eigenvalue weighted by Crippen LogP contribution is -2.13. The first-order valence-electron chi connectivity index (χ1n) is 9.28. The number of rotatable bonds is 5. The van der Waals surface area contributed by atoms with E-state index in [-0.39, 0.29) is 5.91 Å². The number of methoxy groups -OCH3 is 2. The molecule has 0 bridgehead atoms. The minimum Gasteiger partial charge on any atom is -0.493 e. The second kappa shape index (κ2) is 8.21. The van der Waals surface area contributed by atoms with Crippen LogP contribution in [0, 0.1) is 5.82 Å². The summed E-state index contributed by atoms with van der Waals surface area (Å²) in [5.74, 6) is 0.404. The van der Waals surface area contributed by atoms with Gasteiger partial charge >= 0.3 is 0 Å². The monoisotopic (exact) mass is 402 g/mol. The van der Waals surface area contributed by atoms with E-state index in [1.54, 1.807) is 38.5 Å². The van der Waals surface area contributed by atoms with Gasteiger partial charge in [-0.2, -0.15) is 0 Å². The zero-order chi connectivity index (χ0) is 21.1. The van der Waals surface area contributed by atoms with E-state index in [4.69, 9.17) is 14.5 Å². The van der Waals surface area contributed by atoms with Crippen LogP contribution >= 0.6 is 0 Å². The summed E-state index contributed by atoms with van der Waals surface area (Å²) in [4.78, 5) is 17.7. The number of pyridine rings is 1. The number of benzene rings is 3. The molecule has 1 heterocycles. The van der Waals surface area contributed by atoms with E-state index in [1.165, 1.54) is 12.1 Å². The maximum atomic E-state index is 13.5. The van der Waals surface area contributed by atoms with Crippen molar-refractivity contribution in [3.63, 3.8) is 0 Å². The second-order valence-corrected chi connectivity index (χ2v) is 6.61. The molecule has 3 aromatic carbocycles. The van der Waals surface area contributed by atoms with Crippen molar-refractivity contribution >= 4 is 22.5 Å². The van der Waals surface area contributed by atoms with Crippen LogP contribution in [0.15, 0.2) is 72.8 Å². The zero-order valence-electron chi connectivity index (χ0n) is 16.5. The number of anilines is 1. The van der Waals surface area contributed by atoms with Crippen molar-refractivity contribution < 1.29 is 18.7 Å². The Balaban J connectivity index is 1.81. The first-order valence-corrected chi connectivity index (χ1v) is 9.28. The summed E-state index contributed by atoms with van der Waals surface area (Å²) in [5.41, 5.74) is 2.88. The summed E-state index contributed by atoms with van der Waals surface area (Å²) in [6.07, 6.45) is 0. The van der Waals surface area contributed by atoms with Crippen LogP contribution in [0.2, 0.25) is 0 Å². The van der Waals surface area contributed by atoms with Crippen LogP contribution in [0.4, 0.5) is 10.1 Å². The third kappa shape index (κ3) is 3.80. The minimum atomic E-state index is -0.418. The zero-order valence-corrected chi connectivity index (χ0v) is 16.5. The fourth-order valence-electron chi connectivity index (χ4n) is 3.27. The molecule has 0 saturated carbocycles. The molecule has 4 rings (SSSR count). The fourth-order valence-corrected chi connectivity index (χ4v) is 3.27. The molecule has 4 aromatic rings. The van der Waals surface area contributed by atoms with Crippen molar-refractivity contribution in [3.8, 4) is 22.8 Å². The Morgan fingerprint density at radius 2 is 1.70 bits per heavy atom. The van der Waals surface area contributed by atoms with Crippen LogP contribution < -0.4 is 14.8 Å². The molecule has 30 heavy (non-hydrogen) atoms. The molecule has 0 radical (unpaired) electrons. The van der Waals surface area contributed by atoms with Gasteiger partial charge in [-0.15, -0.1) is 0 Å². The molecule has 1 amide bonds. The average molecular weight is 402 g/mol. The molecule has 0 atom stereocenters. The maximum absolute atomic E-state index is 13.5.